The van der Waals surface area contributed by atoms with Crippen molar-refractivity contribution in [2.75, 3.05) is 0 Å². The van der Waals surface area contributed by atoms with Gasteiger partial charge in [-0.25, -0.2) is 0 Å². The largest absolute Gasteiger partial charge is 0.507 e. The number of phenolic OH excluding ortho intramolecular Hbond substituents is 1. The number of phenols is 1. The zero-order valence-corrected chi connectivity index (χ0v) is 17.2. The van der Waals surface area contributed by atoms with Crippen LogP contribution in [0, 0.1) is 0 Å². The first-order valence-corrected chi connectivity index (χ1v) is 9.75. The van der Waals surface area contributed by atoms with Gasteiger partial charge in [0.1, 0.15) is 23.8 Å². The maximum atomic E-state index is 10.6. The van der Waals surface area contributed by atoms with Crippen molar-refractivity contribution in [3.8, 4) is 33.9 Å². The molecule has 6 heteroatoms. The Bertz CT molecular complexity index is 1150. The minimum atomic E-state index is 0.0978. The monoisotopic (exact) mass is 424 g/mol. The molecule has 0 spiro atoms. The molecule has 4 rings (SSSR count). The van der Waals surface area contributed by atoms with Gasteiger partial charge in [0, 0.05) is 40.5 Å². The third-order valence-electron chi connectivity index (χ3n) is 4.51. The molecule has 0 amide bonds. The Morgan fingerprint density at radius 3 is 2.45 bits per heavy atom. The zero-order chi connectivity index (χ0) is 20.4. The van der Waals surface area contributed by atoms with Crippen LogP contribution in [0.1, 0.15) is 5.56 Å². The van der Waals surface area contributed by atoms with Crippen LogP contribution in [-0.4, -0.2) is 14.9 Å². The molecule has 0 saturated carbocycles. The van der Waals surface area contributed by atoms with Gasteiger partial charge in [0.25, 0.3) is 0 Å². The predicted octanol–water partition coefficient (Wildman–Crippen LogP) is 6.35. The number of aromatic nitrogens is 2. The van der Waals surface area contributed by atoms with Crippen molar-refractivity contribution in [3.05, 3.63) is 88.5 Å². The molecule has 29 heavy (non-hydrogen) atoms. The van der Waals surface area contributed by atoms with Gasteiger partial charge in [-0.3, -0.25) is 4.68 Å². The Morgan fingerprint density at radius 2 is 1.72 bits per heavy atom. The van der Waals surface area contributed by atoms with Crippen molar-refractivity contribution >= 4 is 23.2 Å². The van der Waals surface area contributed by atoms with E-state index in [1.54, 1.807) is 10.7 Å². The van der Waals surface area contributed by atoms with E-state index in [9.17, 15) is 5.11 Å². The number of aryl methyl sites for hydroxylation is 1. The van der Waals surface area contributed by atoms with E-state index in [0.717, 1.165) is 16.7 Å². The summed E-state index contributed by atoms with van der Waals surface area (Å²) < 4.78 is 7.51. The molecule has 1 heterocycles. The first-order valence-electron chi connectivity index (χ1n) is 9.00. The Labute approximate surface area is 178 Å². The molecule has 4 aromatic rings. The topological polar surface area (TPSA) is 47.3 Å². The summed E-state index contributed by atoms with van der Waals surface area (Å²) in [5.41, 5.74) is 4.12. The molecule has 3 aromatic carbocycles. The van der Waals surface area contributed by atoms with Gasteiger partial charge in [-0.1, -0.05) is 47.5 Å². The van der Waals surface area contributed by atoms with Crippen LogP contribution in [0.2, 0.25) is 10.0 Å². The van der Waals surface area contributed by atoms with Crippen LogP contribution >= 0.6 is 23.2 Å². The maximum Gasteiger partial charge on any atom is 0.128 e. The fourth-order valence-corrected chi connectivity index (χ4v) is 3.42. The molecule has 1 aromatic heterocycles. The molecule has 0 radical (unpaired) electrons. The second-order valence-corrected chi connectivity index (χ2v) is 7.54. The molecular formula is C23H18Cl2N2O2. The van der Waals surface area contributed by atoms with E-state index >= 15 is 0 Å². The average molecular weight is 425 g/mol. The fraction of sp³-hybridized carbons (Fsp3) is 0.0870. The second-order valence-electron chi connectivity index (χ2n) is 6.67. The normalized spacial score (nSPS) is 10.9. The summed E-state index contributed by atoms with van der Waals surface area (Å²) in [5.74, 6) is 0.669. The number of hydrogen-bond donors (Lipinski definition) is 1. The van der Waals surface area contributed by atoms with Gasteiger partial charge in [-0.15, -0.1) is 0 Å². The van der Waals surface area contributed by atoms with E-state index in [1.165, 1.54) is 0 Å². The maximum absolute atomic E-state index is 10.6. The summed E-state index contributed by atoms with van der Waals surface area (Å²) in [6.07, 6.45) is 1.91. The van der Waals surface area contributed by atoms with Crippen molar-refractivity contribution in [3.63, 3.8) is 0 Å². The van der Waals surface area contributed by atoms with Gasteiger partial charge < -0.3 is 9.84 Å². The number of ether oxygens (including phenoxy) is 1. The van der Waals surface area contributed by atoms with Crippen molar-refractivity contribution in [2.45, 2.75) is 6.61 Å². The highest BCUT2D eigenvalue weighted by atomic mass is 35.5. The molecule has 4 nitrogen and oxygen atoms in total. The van der Waals surface area contributed by atoms with E-state index < -0.39 is 0 Å². The van der Waals surface area contributed by atoms with Gasteiger partial charge in [0.2, 0.25) is 0 Å². The summed E-state index contributed by atoms with van der Waals surface area (Å²) in [6.45, 7) is 0.382. The van der Waals surface area contributed by atoms with Gasteiger partial charge in [0.15, 0.2) is 0 Å². The third kappa shape index (κ3) is 4.39. The number of rotatable bonds is 5. The molecule has 0 aliphatic heterocycles. The fourth-order valence-electron chi connectivity index (χ4n) is 3.10. The smallest absolute Gasteiger partial charge is 0.128 e. The van der Waals surface area contributed by atoms with Crippen molar-refractivity contribution in [1.29, 1.82) is 0 Å². The lowest BCUT2D eigenvalue weighted by atomic mass is 10.0. The minimum Gasteiger partial charge on any atom is -0.507 e. The number of nitrogens with zero attached hydrogens (tertiary/aromatic N) is 2. The lowest BCUT2D eigenvalue weighted by Crippen LogP contribution is -1.95. The molecule has 0 fully saturated rings. The Morgan fingerprint density at radius 1 is 0.931 bits per heavy atom. The van der Waals surface area contributed by atoms with Crippen LogP contribution in [0.15, 0.2) is 72.9 Å². The Hall–Kier alpha value is -2.95. The zero-order valence-electron chi connectivity index (χ0n) is 15.6. The summed E-state index contributed by atoms with van der Waals surface area (Å²) in [7, 11) is 1.85. The number of benzene rings is 3. The molecule has 0 saturated heterocycles. The van der Waals surface area contributed by atoms with Crippen LogP contribution in [0.25, 0.3) is 22.4 Å². The van der Waals surface area contributed by atoms with E-state index in [4.69, 9.17) is 27.9 Å². The molecular weight excluding hydrogens is 407 g/mol. The molecule has 146 valence electrons. The summed E-state index contributed by atoms with van der Waals surface area (Å²) in [4.78, 5) is 0. The SMILES string of the molecule is Cn1cc(-c2cccc(Cl)c2)c(-c2ccc(OCc3ccc(Cl)cc3)cc2O)n1. The summed E-state index contributed by atoms with van der Waals surface area (Å²) in [5, 5.41) is 16.5. The van der Waals surface area contributed by atoms with Crippen molar-refractivity contribution in [1.82, 2.24) is 9.78 Å². The molecule has 0 atom stereocenters. The van der Waals surface area contributed by atoms with Crippen LogP contribution in [0.4, 0.5) is 0 Å². The van der Waals surface area contributed by atoms with Crippen molar-refractivity contribution in [2.24, 2.45) is 7.05 Å². The molecule has 0 aliphatic rings. The molecule has 0 unspecified atom stereocenters. The highest BCUT2D eigenvalue weighted by Gasteiger charge is 2.16. The second kappa shape index (κ2) is 8.19. The van der Waals surface area contributed by atoms with E-state index in [1.807, 2.05) is 73.9 Å². The Balaban J connectivity index is 1.61. The standard InChI is InChI=1S/C23H18Cl2N2O2/c1-27-13-21(16-3-2-4-18(25)11-16)23(26-27)20-10-9-19(12-22(20)28)29-14-15-5-7-17(24)8-6-15/h2-13,28H,14H2,1H3. The highest BCUT2D eigenvalue weighted by molar-refractivity contribution is 6.31. The number of halogens is 2. The molecule has 1 N–H and O–H groups in total. The van der Waals surface area contributed by atoms with Crippen LogP contribution in [0.5, 0.6) is 11.5 Å². The Kier molecular flexibility index (Phi) is 5.47. The average Bonchev–Trinajstić information content (AvgIpc) is 3.09. The molecule has 0 aliphatic carbocycles. The first kappa shape index (κ1) is 19.4. The lowest BCUT2D eigenvalue weighted by molar-refractivity contribution is 0.304. The van der Waals surface area contributed by atoms with Crippen LogP contribution < -0.4 is 4.74 Å². The van der Waals surface area contributed by atoms with Gasteiger partial charge in [-0.2, -0.15) is 5.10 Å². The van der Waals surface area contributed by atoms with E-state index in [-0.39, 0.29) is 5.75 Å². The van der Waals surface area contributed by atoms with E-state index in [2.05, 4.69) is 5.10 Å². The van der Waals surface area contributed by atoms with Crippen LogP contribution in [-0.2, 0) is 13.7 Å². The lowest BCUT2D eigenvalue weighted by Gasteiger charge is -2.10. The van der Waals surface area contributed by atoms with Gasteiger partial charge in [-0.05, 0) is 47.5 Å². The minimum absolute atomic E-state index is 0.0978. The quantitative estimate of drug-likeness (QED) is 0.406. The predicted molar refractivity (Wildman–Crippen MR) is 117 cm³/mol. The third-order valence-corrected chi connectivity index (χ3v) is 4.99. The van der Waals surface area contributed by atoms with E-state index in [0.29, 0.717) is 33.7 Å². The van der Waals surface area contributed by atoms with Crippen LogP contribution in [0.3, 0.4) is 0 Å². The van der Waals surface area contributed by atoms with Gasteiger partial charge >= 0.3 is 0 Å². The van der Waals surface area contributed by atoms with Gasteiger partial charge in [0.05, 0.1) is 0 Å². The number of aromatic hydroxyl groups is 1. The summed E-state index contributed by atoms with van der Waals surface area (Å²) in [6, 6.07) is 20.2. The van der Waals surface area contributed by atoms with Crippen molar-refractivity contribution < 1.29 is 9.84 Å². The number of hydrogen-bond acceptors (Lipinski definition) is 3. The first-order chi connectivity index (χ1) is 14.0. The highest BCUT2D eigenvalue weighted by Crippen LogP contribution is 2.38. The summed E-state index contributed by atoms with van der Waals surface area (Å²) >= 11 is 12.0. The molecule has 0 bridgehead atoms.